The zero-order chi connectivity index (χ0) is 8.27. The predicted molar refractivity (Wildman–Crippen MR) is 47.2 cm³/mol. The van der Waals surface area contributed by atoms with Crippen molar-refractivity contribution >= 4 is 0 Å². The van der Waals surface area contributed by atoms with Crippen LogP contribution >= 0.6 is 0 Å². The molecule has 1 fully saturated rings. The lowest BCUT2D eigenvalue weighted by Crippen LogP contribution is -1.88. The summed E-state index contributed by atoms with van der Waals surface area (Å²) < 4.78 is 5.25. The quantitative estimate of drug-likeness (QED) is 0.591. The van der Waals surface area contributed by atoms with E-state index in [1.54, 1.807) is 0 Å². The second-order valence-corrected chi connectivity index (χ2v) is 3.10. The minimum atomic E-state index is 0.656. The van der Waals surface area contributed by atoms with E-state index >= 15 is 0 Å². The van der Waals surface area contributed by atoms with Crippen LogP contribution in [0, 0.1) is 5.92 Å². The van der Waals surface area contributed by atoms with Crippen LogP contribution in [0.2, 0.25) is 0 Å². The molecule has 0 amide bonds. The Morgan fingerprint density at radius 1 is 1.73 bits per heavy atom. The fourth-order valence-corrected chi connectivity index (χ4v) is 1.15. The van der Waals surface area contributed by atoms with Gasteiger partial charge in [-0.05, 0) is 11.5 Å². The third kappa shape index (κ3) is 2.11. The zero-order valence-electron chi connectivity index (χ0n) is 7.39. The van der Waals surface area contributed by atoms with Gasteiger partial charge in [-0.3, -0.25) is 0 Å². The van der Waals surface area contributed by atoms with Crippen molar-refractivity contribution in [1.82, 2.24) is 0 Å². The molecule has 0 radical (unpaired) electrons. The largest absolute Gasteiger partial charge is 0.494 e. The number of hydrogen-bond donors (Lipinski definition) is 0. The van der Waals surface area contributed by atoms with Crippen LogP contribution in [0.1, 0.15) is 26.7 Å². The van der Waals surface area contributed by atoms with E-state index in [-0.39, 0.29) is 0 Å². The second-order valence-electron chi connectivity index (χ2n) is 3.10. The molecular weight excluding hydrogens is 136 g/mol. The van der Waals surface area contributed by atoms with Gasteiger partial charge in [0.1, 0.15) is 5.76 Å². The van der Waals surface area contributed by atoms with Crippen LogP contribution in [0.4, 0.5) is 0 Å². The molecule has 62 valence electrons. The van der Waals surface area contributed by atoms with Crippen molar-refractivity contribution in [2.45, 2.75) is 26.7 Å². The van der Waals surface area contributed by atoms with Crippen LogP contribution in [0.15, 0.2) is 24.0 Å². The SMILES string of the molecule is C=C1OCC/C1=C/C(C)CC. The van der Waals surface area contributed by atoms with Crippen LogP contribution in [0.3, 0.4) is 0 Å². The highest BCUT2D eigenvalue weighted by Gasteiger charge is 2.12. The normalized spacial score (nSPS) is 23.8. The Morgan fingerprint density at radius 3 is 2.91 bits per heavy atom. The summed E-state index contributed by atoms with van der Waals surface area (Å²) in [6.07, 6.45) is 4.51. The van der Waals surface area contributed by atoms with Gasteiger partial charge in [0.25, 0.3) is 0 Å². The zero-order valence-corrected chi connectivity index (χ0v) is 7.39. The van der Waals surface area contributed by atoms with Crippen molar-refractivity contribution in [3.05, 3.63) is 24.0 Å². The molecule has 0 spiro atoms. The molecule has 0 aromatic rings. The first kappa shape index (κ1) is 8.38. The molecule has 1 aliphatic rings. The van der Waals surface area contributed by atoms with Crippen molar-refractivity contribution < 1.29 is 4.74 Å². The molecule has 0 aliphatic carbocycles. The lowest BCUT2D eigenvalue weighted by Gasteiger charge is -2.02. The van der Waals surface area contributed by atoms with E-state index in [0.717, 1.165) is 18.8 Å². The Hall–Kier alpha value is -0.720. The summed E-state index contributed by atoms with van der Waals surface area (Å²) in [5, 5.41) is 0. The smallest absolute Gasteiger partial charge is 0.115 e. The summed E-state index contributed by atoms with van der Waals surface area (Å²) >= 11 is 0. The maximum atomic E-state index is 5.25. The van der Waals surface area contributed by atoms with Crippen molar-refractivity contribution in [3.63, 3.8) is 0 Å². The molecule has 0 saturated carbocycles. The Labute approximate surface area is 68.8 Å². The summed E-state index contributed by atoms with van der Waals surface area (Å²) in [5.41, 5.74) is 1.30. The van der Waals surface area contributed by atoms with Gasteiger partial charge >= 0.3 is 0 Å². The molecule has 1 atom stereocenters. The molecule has 1 heterocycles. The molecule has 0 aromatic carbocycles. The van der Waals surface area contributed by atoms with Crippen molar-refractivity contribution in [2.75, 3.05) is 6.61 Å². The summed E-state index contributed by atoms with van der Waals surface area (Å²) in [4.78, 5) is 0. The Morgan fingerprint density at radius 2 is 2.45 bits per heavy atom. The van der Waals surface area contributed by atoms with Gasteiger partial charge in [-0.15, -0.1) is 0 Å². The third-order valence-electron chi connectivity index (χ3n) is 2.14. The van der Waals surface area contributed by atoms with E-state index < -0.39 is 0 Å². The number of hydrogen-bond acceptors (Lipinski definition) is 1. The van der Waals surface area contributed by atoms with Crippen molar-refractivity contribution in [2.24, 2.45) is 5.92 Å². The van der Waals surface area contributed by atoms with Gasteiger partial charge in [0.15, 0.2) is 0 Å². The molecule has 1 unspecified atom stereocenters. The molecule has 1 aliphatic heterocycles. The maximum Gasteiger partial charge on any atom is 0.115 e. The van der Waals surface area contributed by atoms with Crippen molar-refractivity contribution in [1.29, 1.82) is 0 Å². The summed E-state index contributed by atoms with van der Waals surface area (Å²) in [6, 6.07) is 0. The number of ether oxygens (including phenoxy) is 1. The number of allylic oxidation sites excluding steroid dienone is 2. The summed E-state index contributed by atoms with van der Waals surface area (Å²) in [7, 11) is 0. The van der Waals surface area contributed by atoms with Gasteiger partial charge < -0.3 is 4.74 Å². The van der Waals surface area contributed by atoms with Gasteiger partial charge in [-0.25, -0.2) is 0 Å². The fourth-order valence-electron chi connectivity index (χ4n) is 1.15. The molecule has 0 N–H and O–H groups in total. The highest BCUT2D eigenvalue weighted by molar-refractivity contribution is 5.26. The topological polar surface area (TPSA) is 9.23 Å². The number of rotatable bonds is 2. The van der Waals surface area contributed by atoms with Gasteiger partial charge in [0.05, 0.1) is 6.61 Å². The van der Waals surface area contributed by atoms with Gasteiger partial charge in [0, 0.05) is 6.42 Å². The first-order chi connectivity index (χ1) is 5.24. The third-order valence-corrected chi connectivity index (χ3v) is 2.14. The molecule has 11 heavy (non-hydrogen) atoms. The average Bonchev–Trinajstić information content (AvgIpc) is 2.37. The Bertz CT molecular complexity index is 179. The summed E-state index contributed by atoms with van der Waals surface area (Å²) in [6.45, 7) is 9.07. The molecule has 1 saturated heterocycles. The van der Waals surface area contributed by atoms with Gasteiger partial charge in [-0.2, -0.15) is 0 Å². The van der Waals surface area contributed by atoms with Crippen LogP contribution in [0.25, 0.3) is 0 Å². The summed E-state index contributed by atoms with van der Waals surface area (Å²) in [5.74, 6) is 1.54. The molecule has 0 bridgehead atoms. The van der Waals surface area contributed by atoms with E-state index in [1.165, 1.54) is 12.0 Å². The van der Waals surface area contributed by atoms with E-state index in [1.807, 2.05) is 0 Å². The van der Waals surface area contributed by atoms with E-state index in [9.17, 15) is 0 Å². The molecule has 1 nitrogen and oxygen atoms in total. The second kappa shape index (κ2) is 3.61. The molecule has 1 heteroatoms. The Balaban J connectivity index is 2.57. The lowest BCUT2D eigenvalue weighted by atomic mass is 10.0. The minimum Gasteiger partial charge on any atom is -0.494 e. The van der Waals surface area contributed by atoms with Gasteiger partial charge in [0.2, 0.25) is 0 Å². The monoisotopic (exact) mass is 152 g/mol. The first-order valence-electron chi connectivity index (χ1n) is 4.26. The van der Waals surface area contributed by atoms with Crippen LogP contribution in [0.5, 0.6) is 0 Å². The lowest BCUT2D eigenvalue weighted by molar-refractivity contribution is 0.267. The Kier molecular flexibility index (Phi) is 2.75. The predicted octanol–water partition coefficient (Wildman–Crippen LogP) is 2.89. The molecule has 0 aromatic heterocycles. The highest BCUT2D eigenvalue weighted by atomic mass is 16.5. The molecular formula is C10H16O. The average molecular weight is 152 g/mol. The first-order valence-corrected chi connectivity index (χ1v) is 4.26. The van der Waals surface area contributed by atoms with Crippen molar-refractivity contribution in [3.8, 4) is 0 Å². The van der Waals surface area contributed by atoms with Crippen LogP contribution in [-0.4, -0.2) is 6.61 Å². The standard InChI is InChI=1S/C10H16O/c1-4-8(2)7-10-5-6-11-9(10)3/h7-8H,3-6H2,1-2H3/b10-7-. The molecule has 1 rings (SSSR count). The minimum absolute atomic E-state index is 0.656. The highest BCUT2D eigenvalue weighted by Crippen LogP contribution is 2.23. The van der Waals surface area contributed by atoms with Crippen LogP contribution in [-0.2, 0) is 4.74 Å². The van der Waals surface area contributed by atoms with E-state index in [4.69, 9.17) is 4.74 Å². The van der Waals surface area contributed by atoms with E-state index in [0.29, 0.717) is 5.92 Å². The fraction of sp³-hybridized carbons (Fsp3) is 0.600. The maximum absolute atomic E-state index is 5.25. The van der Waals surface area contributed by atoms with Gasteiger partial charge in [-0.1, -0.05) is 32.9 Å². The van der Waals surface area contributed by atoms with E-state index in [2.05, 4.69) is 26.5 Å². The van der Waals surface area contributed by atoms with Crippen LogP contribution < -0.4 is 0 Å².